The molecule has 0 spiro atoms. The zero-order valence-electron chi connectivity index (χ0n) is 18.2. The standard InChI is InChI=1S/C24H30Cl2N2O3/c1-4-22(24(30)27-17(2)3)28(16-18-12-13-20(25)21(26)15-18)23(29)11-8-14-31-19-9-6-5-7-10-19/h5-7,9-10,12-13,15,17,22H,4,8,11,14,16H2,1-3H3,(H,27,30)/t22-/m0/s1. The van der Waals surface area contributed by atoms with E-state index < -0.39 is 6.04 Å². The summed E-state index contributed by atoms with van der Waals surface area (Å²) in [4.78, 5) is 27.5. The monoisotopic (exact) mass is 464 g/mol. The third kappa shape index (κ3) is 8.08. The number of nitrogens with one attached hydrogen (secondary N) is 1. The summed E-state index contributed by atoms with van der Waals surface area (Å²) >= 11 is 12.2. The first-order chi connectivity index (χ1) is 14.8. The molecule has 31 heavy (non-hydrogen) atoms. The third-order valence-corrected chi connectivity index (χ3v) is 5.44. The van der Waals surface area contributed by atoms with Crippen LogP contribution in [0.4, 0.5) is 0 Å². The van der Waals surface area contributed by atoms with E-state index in [0.717, 1.165) is 11.3 Å². The van der Waals surface area contributed by atoms with Crippen molar-refractivity contribution in [1.82, 2.24) is 10.2 Å². The molecular formula is C24H30Cl2N2O3. The van der Waals surface area contributed by atoms with Gasteiger partial charge in [0.25, 0.3) is 0 Å². The number of rotatable bonds is 11. The molecular weight excluding hydrogens is 435 g/mol. The minimum atomic E-state index is -0.570. The molecule has 0 aliphatic heterocycles. The number of halogens is 2. The zero-order chi connectivity index (χ0) is 22.8. The second-order valence-electron chi connectivity index (χ2n) is 7.62. The molecule has 2 aromatic rings. The van der Waals surface area contributed by atoms with E-state index in [2.05, 4.69) is 5.32 Å². The predicted molar refractivity (Wildman–Crippen MR) is 126 cm³/mol. The Balaban J connectivity index is 2.09. The van der Waals surface area contributed by atoms with Gasteiger partial charge in [-0.05, 0) is 56.5 Å². The van der Waals surface area contributed by atoms with Gasteiger partial charge in [-0.25, -0.2) is 0 Å². The highest BCUT2D eigenvalue weighted by Gasteiger charge is 2.28. The van der Waals surface area contributed by atoms with Crippen molar-refractivity contribution in [2.75, 3.05) is 6.61 Å². The van der Waals surface area contributed by atoms with Crippen molar-refractivity contribution >= 4 is 35.0 Å². The number of para-hydroxylation sites is 1. The molecule has 168 valence electrons. The van der Waals surface area contributed by atoms with Gasteiger partial charge in [0.2, 0.25) is 11.8 Å². The minimum Gasteiger partial charge on any atom is -0.494 e. The van der Waals surface area contributed by atoms with Crippen LogP contribution in [0.25, 0.3) is 0 Å². The molecule has 7 heteroatoms. The third-order valence-electron chi connectivity index (χ3n) is 4.70. The van der Waals surface area contributed by atoms with E-state index in [-0.39, 0.29) is 30.8 Å². The summed E-state index contributed by atoms with van der Waals surface area (Å²) in [5.74, 6) is 0.505. The molecule has 5 nitrogen and oxygen atoms in total. The molecule has 0 bridgehead atoms. The molecule has 0 fully saturated rings. The molecule has 0 saturated carbocycles. The topological polar surface area (TPSA) is 58.6 Å². The summed E-state index contributed by atoms with van der Waals surface area (Å²) < 4.78 is 5.69. The number of ether oxygens (including phenoxy) is 1. The first-order valence-electron chi connectivity index (χ1n) is 10.5. The second-order valence-corrected chi connectivity index (χ2v) is 8.44. The van der Waals surface area contributed by atoms with Gasteiger partial charge >= 0.3 is 0 Å². The fourth-order valence-electron chi connectivity index (χ4n) is 3.21. The lowest BCUT2D eigenvalue weighted by Crippen LogP contribution is -2.50. The fraction of sp³-hybridized carbons (Fsp3) is 0.417. The van der Waals surface area contributed by atoms with Crippen molar-refractivity contribution in [2.45, 2.75) is 58.7 Å². The molecule has 0 aliphatic rings. The fourth-order valence-corrected chi connectivity index (χ4v) is 3.53. The van der Waals surface area contributed by atoms with Crippen LogP contribution in [0, 0.1) is 0 Å². The molecule has 2 rings (SSSR count). The Morgan fingerprint density at radius 3 is 2.39 bits per heavy atom. The molecule has 0 aromatic heterocycles. The Morgan fingerprint density at radius 2 is 1.77 bits per heavy atom. The Bertz CT molecular complexity index is 859. The van der Waals surface area contributed by atoms with Crippen LogP contribution < -0.4 is 10.1 Å². The normalized spacial score (nSPS) is 11.8. The molecule has 0 aliphatic carbocycles. The van der Waals surface area contributed by atoms with Crippen molar-refractivity contribution in [3.63, 3.8) is 0 Å². The number of amides is 2. The Kier molecular flexibility index (Phi) is 10.2. The number of nitrogens with zero attached hydrogens (tertiary/aromatic N) is 1. The largest absolute Gasteiger partial charge is 0.494 e. The summed E-state index contributed by atoms with van der Waals surface area (Å²) in [5.41, 5.74) is 0.819. The van der Waals surface area contributed by atoms with Crippen molar-refractivity contribution < 1.29 is 14.3 Å². The Morgan fingerprint density at radius 1 is 1.06 bits per heavy atom. The van der Waals surface area contributed by atoms with E-state index in [1.165, 1.54) is 0 Å². The maximum atomic E-state index is 13.1. The summed E-state index contributed by atoms with van der Waals surface area (Å²) in [6.07, 6.45) is 1.33. The van der Waals surface area contributed by atoms with Crippen molar-refractivity contribution in [3.05, 3.63) is 64.1 Å². The van der Waals surface area contributed by atoms with Gasteiger partial charge in [-0.2, -0.15) is 0 Å². The van der Waals surface area contributed by atoms with Crippen LogP contribution in [-0.2, 0) is 16.1 Å². The molecule has 0 saturated heterocycles. The lowest BCUT2D eigenvalue weighted by Gasteiger charge is -2.31. The smallest absolute Gasteiger partial charge is 0.243 e. The molecule has 0 heterocycles. The summed E-state index contributed by atoms with van der Waals surface area (Å²) in [6, 6.07) is 14.1. The SMILES string of the molecule is CC[C@@H](C(=O)NC(C)C)N(Cc1ccc(Cl)c(Cl)c1)C(=O)CCCOc1ccccc1. The van der Waals surface area contributed by atoms with E-state index >= 15 is 0 Å². The van der Waals surface area contributed by atoms with Crippen molar-refractivity contribution in [1.29, 1.82) is 0 Å². The second kappa shape index (κ2) is 12.6. The number of benzene rings is 2. The van der Waals surface area contributed by atoms with Gasteiger partial charge in [-0.15, -0.1) is 0 Å². The van der Waals surface area contributed by atoms with Crippen LogP contribution in [0.3, 0.4) is 0 Å². The molecule has 1 atom stereocenters. The van der Waals surface area contributed by atoms with Gasteiger partial charge < -0.3 is 15.0 Å². The van der Waals surface area contributed by atoms with Crippen LogP contribution in [0.2, 0.25) is 10.0 Å². The Labute approximate surface area is 194 Å². The van der Waals surface area contributed by atoms with E-state index in [4.69, 9.17) is 27.9 Å². The quantitative estimate of drug-likeness (QED) is 0.447. The highest BCUT2D eigenvalue weighted by Crippen LogP contribution is 2.24. The van der Waals surface area contributed by atoms with Gasteiger partial charge in [-0.1, -0.05) is 54.4 Å². The summed E-state index contributed by atoms with van der Waals surface area (Å²) in [5, 5.41) is 3.79. The van der Waals surface area contributed by atoms with Crippen LogP contribution in [0.15, 0.2) is 48.5 Å². The molecule has 2 aromatic carbocycles. The van der Waals surface area contributed by atoms with Crippen molar-refractivity contribution in [3.8, 4) is 5.75 Å². The van der Waals surface area contributed by atoms with Gasteiger partial charge in [0, 0.05) is 19.0 Å². The number of carbonyl (C=O) groups excluding carboxylic acids is 2. The maximum Gasteiger partial charge on any atom is 0.243 e. The van der Waals surface area contributed by atoms with Crippen LogP contribution in [0.5, 0.6) is 5.75 Å². The average molecular weight is 465 g/mol. The van der Waals surface area contributed by atoms with Crippen molar-refractivity contribution in [2.24, 2.45) is 0 Å². The first-order valence-corrected chi connectivity index (χ1v) is 11.3. The van der Waals surface area contributed by atoms with Crippen LogP contribution >= 0.6 is 23.2 Å². The number of carbonyl (C=O) groups is 2. The maximum absolute atomic E-state index is 13.1. The van der Waals surface area contributed by atoms with Gasteiger partial charge in [0.1, 0.15) is 11.8 Å². The van der Waals surface area contributed by atoms with Gasteiger partial charge in [-0.3, -0.25) is 9.59 Å². The van der Waals surface area contributed by atoms with E-state index in [1.807, 2.05) is 57.2 Å². The molecule has 0 unspecified atom stereocenters. The van der Waals surface area contributed by atoms with Crippen LogP contribution in [0.1, 0.15) is 45.6 Å². The minimum absolute atomic E-state index is 0.0113. The Hall–Kier alpha value is -2.24. The van der Waals surface area contributed by atoms with E-state index in [9.17, 15) is 9.59 Å². The highest BCUT2D eigenvalue weighted by atomic mass is 35.5. The average Bonchev–Trinajstić information content (AvgIpc) is 2.73. The molecule has 1 N–H and O–H groups in total. The summed E-state index contributed by atoms with van der Waals surface area (Å²) in [6.45, 7) is 6.40. The lowest BCUT2D eigenvalue weighted by atomic mass is 10.1. The van der Waals surface area contributed by atoms with E-state index in [0.29, 0.717) is 29.5 Å². The summed E-state index contributed by atoms with van der Waals surface area (Å²) in [7, 11) is 0. The zero-order valence-corrected chi connectivity index (χ0v) is 19.7. The van der Waals surface area contributed by atoms with Gasteiger partial charge in [0.15, 0.2) is 0 Å². The lowest BCUT2D eigenvalue weighted by molar-refractivity contribution is -0.141. The first kappa shape index (κ1) is 25.0. The highest BCUT2D eigenvalue weighted by molar-refractivity contribution is 6.42. The molecule has 0 radical (unpaired) electrons. The van der Waals surface area contributed by atoms with E-state index in [1.54, 1.807) is 17.0 Å². The van der Waals surface area contributed by atoms with Gasteiger partial charge in [0.05, 0.1) is 16.7 Å². The molecule has 2 amide bonds. The number of hydrogen-bond acceptors (Lipinski definition) is 3. The number of hydrogen-bond donors (Lipinski definition) is 1. The predicted octanol–water partition coefficient (Wildman–Crippen LogP) is 5.48. The van der Waals surface area contributed by atoms with Crippen LogP contribution in [-0.4, -0.2) is 35.4 Å².